The molecular weight excluding hydrogens is 208 g/mol. The standard InChI is InChI=1S/C10H8N4S/c11-5-8-4-9(15-7-8)6-14-10-12-2-1-3-13-10/h1-4,7H,6H2,(H,12,13,14). The largest absolute Gasteiger partial charge is 0.349 e. The number of nitrogens with one attached hydrogen (secondary N) is 1. The molecule has 0 atom stereocenters. The first kappa shape index (κ1) is 9.62. The van der Waals surface area contributed by atoms with Crippen LogP contribution in [0.15, 0.2) is 29.9 Å². The third kappa shape index (κ3) is 2.51. The van der Waals surface area contributed by atoms with Crippen molar-refractivity contribution >= 4 is 17.3 Å². The molecule has 0 bridgehead atoms. The summed E-state index contributed by atoms with van der Waals surface area (Å²) in [7, 11) is 0. The van der Waals surface area contributed by atoms with E-state index < -0.39 is 0 Å². The van der Waals surface area contributed by atoms with Crippen LogP contribution in [0, 0.1) is 11.3 Å². The van der Waals surface area contributed by atoms with Gasteiger partial charge in [-0.1, -0.05) is 0 Å². The second-order valence-electron chi connectivity index (χ2n) is 2.84. The lowest BCUT2D eigenvalue weighted by Crippen LogP contribution is -2.01. The molecule has 0 aromatic carbocycles. The Hall–Kier alpha value is -1.93. The second kappa shape index (κ2) is 4.53. The van der Waals surface area contributed by atoms with Gasteiger partial charge in [0, 0.05) is 22.7 Å². The molecule has 0 unspecified atom stereocenters. The van der Waals surface area contributed by atoms with Crippen LogP contribution in [0.1, 0.15) is 10.4 Å². The normalized spacial score (nSPS) is 9.53. The van der Waals surface area contributed by atoms with Crippen LogP contribution in [-0.4, -0.2) is 9.97 Å². The fourth-order valence-electron chi connectivity index (χ4n) is 1.09. The highest BCUT2D eigenvalue weighted by atomic mass is 32.1. The molecule has 0 radical (unpaired) electrons. The van der Waals surface area contributed by atoms with Gasteiger partial charge >= 0.3 is 0 Å². The number of thiophene rings is 1. The summed E-state index contributed by atoms with van der Waals surface area (Å²) >= 11 is 1.55. The minimum atomic E-state index is 0.601. The van der Waals surface area contributed by atoms with Gasteiger partial charge in [0.1, 0.15) is 6.07 Å². The Balaban J connectivity index is 1.97. The Labute approximate surface area is 91.2 Å². The number of aromatic nitrogens is 2. The molecule has 2 aromatic heterocycles. The second-order valence-corrected chi connectivity index (χ2v) is 3.84. The van der Waals surface area contributed by atoms with Gasteiger partial charge in [-0.3, -0.25) is 0 Å². The lowest BCUT2D eigenvalue weighted by atomic mass is 10.3. The zero-order valence-corrected chi connectivity index (χ0v) is 8.66. The fourth-order valence-corrected chi connectivity index (χ4v) is 1.84. The van der Waals surface area contributed by atoms with Crippen LogP contribution in [-0.2, 0) is 6.54 Å². The lowest BCUT2D eigenvalue weighted by Gasteiger charge is -2.00. The topological polar surface area (TPSA) is 61.6 Å². The number of nitriles is 1. The van der Waals surface area contributed by atoms with E-state index in [1.54, 1.807) is 29.8 Å². The molecular formula is C10H8N4S. The Morgan fingerprint density at radius 2 is 2.20 bits per heavy atom. The fraction of sp³-hybridized carbons (Fsp3) is 0.100. The van der Waals surface area contributed by atoms with Gasteiger partial charge in [-0.15, -0.1) is 11.3 Å². The average molecular weight is 216 g/mol. The predicted molar refractivity (Wildman–Crippen MR) is 58.4 cm³/mol. The van der Waals surface area contributed by atoms with Crippen molar-refractivity contribution in [3.05, 3.63) is 40.3 Å². The van der Waals surface area contributed by atoms with Gasteiger partial charge in [-0.05, 0) is 12.1 Å². The molecule has 74 valence electrons. The van der Waals surface area contributed by atoms with Crippen LogP contribution in [0.25, 0.3) is 0 Å². The van der Waals surface area contributed by atoms with Crippen LogP contribution >= 0.6 is 11.3 Å². The van der Waals surface area contributed by atoms with Crippen LogP contribution in [0.5, 0.6) is 0 Å². The third-order valence-electron chi connectivity index (χ3n) is 1.77. The lowest BCUT2D eigenvalue weighted by molar-refractivity contribution is 1.07. The molecule has 2 rings (SSSR count). The molecule has 0 aliphatic heterocycles. The smallest absolute Gasteiger partial charge is 0.222 e. The Kier molecular flexibility index (Phi) is 2.90. The van der Waals surface area contributed by atoms with Crippen molar-refractivity contribution in [3.8, 4) is 6.07 Å². The maximum Gasteiger partial charge on any atom is 0.222 e. The molecule has 0 fully saturated rings. The Bertz CT molecular complexity index is 472. The Morgan fingerprint density at radius 3 is 2.87 bits per heavy atom. The summed E-state index contributed by atoms with van der Waals surface area (Å²) in [5.41, 5.74) is 0.700. The number of hydrogen-bond acceptors (Lipinski definition) is 5. The summed E-state index contributed by atoms with van der Waals surface area (Å²) in [4.78, 5) is 9.17. The highest BCUT2D eigenvalue weighted by Gasteiger charge is 1.99. The summed E-state index contributed by atoms with van der Waals surface area (Å²) < 4.78 is 0. The summed E-state index contributed by atoms with van der Waals surface area (Å²) in [5, 5.41) is 13.6. The first-order chi connectivity index (χ1) is 7.38. The van der Waals surface area contributed by atoms with Crippen molar-refractivity contribution < 1.29 is 0 Å². The summed E-state index contributed by atoms with van der Waals surface area (Å²) in [6, 6.07) is 5.73. The molecule has 1 N–H and O–H groups in total. The van der Waals surface area contributed by atoms with E-state index in [2.05, 4.69) is 21.4 Å². The van der Waals surface area contributed by atoms with Crippen LogP contribution in [0.3, 0.4) is 0 Å². The highest BCUT2D eigenvalue weighted by molar-refractivity contribution is 7.10. The van der Waals surface area contributed by atoms with Gasteiger partial charge in [-0.25, -0.2) is 9.97 Å². The molecule has 15 heavy (non-hydrogen) atoms. The van der Waals surface area contributed by atoms with Crippen molar-refractivity contribution in [2.45, 2.75) is 6.54 Å². The van der Waals surface area contributed by atoms with E-state index in [1.807, 2.05) is 11.4 Å². The van der Waals surface area contributed by atoms with Gasteiger partial charge in [0.2, 0.25) is 5.95 Å². The van der Waals surface area contributed by atoms with Crippen molar-refractivity contribution in [2.75, 3.05) is 5.32 Å². The van der Waals surface area contributed by atoms with Gasteiger partial charge < -0.3 is 5.32 Å². The van der Waals surface area contributed by atoms with E-state index >= 15 is 0 Å². The van der Waals surface area contributed by atoms with Crippen molar-refractivity contribution in [1.29, 1.82) is 5.26 Å². The van der Waals surface area contributed by atoms with E-state index in [9.17, 15) is 0 Å². The average Bonchev–Trinajstić information content (AvgIpc) is 2.76. The maximum absolute atomic E-state index is 8.65. The minimum absolute atomic E-state index is 0.601. The molecule has 2 heterocycles. The first-order valence-corrected chi connectivity index (χ1v) is 5.25. The highest BCUT2D eigenvalue weighted by Crippen LogP contribution is 2.14. The molecule has 5 heteroatoms. The first-order valence-electron chi connectivity index (χ1n) is 4.37. The number of rotatable bonds is 3. The Morgan fingerprint density at radius 1 is 1.40 bits per heavy atom. The maximum atomic E-state index is 8.65. The predicted octanol–water partition coefficient (Wildman–Crippen LogP) is 2.02. The SMILES string of the molecule is N#Cc1csc(CNc2ncccn2)c1. The van der Waals surface area contributed by atoms with Crippen LogP contribution < -0.4 is 5.32 Å². The van der Waals surface area contributed by atoms with Crippen molar-refractivity contribution in [2.24, 2.45) is 0 Å². The van der Waals surface area contributed by atoms with Crippen molar-refractivity contribution in [1.82, 2.24) is 9.97 Å². The zero-order chi connectivity index (χ0) is 10.5. The number of anilines is 1. The quantitative estimate of drug-likeness (QED) is 0.852. The van der Waals surface area contributed by atoms with E-state index in [-0.39, 0.29) is 0 Å². The third-order valence-corrected chi connectivity index (χ3v) is 2.71. The zero-order valence-electron chi connectivity index (χ0n) is 7.84. The molecule has 0 saturated heterocycles. The number of nitrogens with zero attached hydrogens (tertiary/aromatic N) is 3. The summed E-state index contributed by atoms with van der Waals surface area (Å²) in [6.45, 7) is 0.649. The van der Waals surface area contributed by atoms with Crippen LogP contribution in [0.2, 0.25) is 0 Å². The van der Waals surface area contributed by atoms with E-state index in [4.69, 9.17) is 5.26 Å². The van der Waals surface area contributed by atoms with Crippen molar-refractivity contribution in [3.63, 3.8) is 0 Å². The van der Waals surface area contributed by atoms with Gasteiger partial charge in [0.15, 0.2) is 0 Å². The molecule has 4 nitrogen and oxygen atoms in total. The van der Waals surface area contributed by atoms with E-state index in [1.165, 1.54) is 0 Å². The van der Waals surface area contributed by atoms with E-state index in [0.29, 0.717) is 18.1 Å². The van der Waals surface area contributed by atoms with Crippen LogP contribution in [0.4, 0.5) is 5.95 Å². The molecule has 0 aliphatic rings. The molecule has 0 aliphatic carbocycles. The number of hydrogen-bond donors (Lipinski definition) is 1. The van der Waals surface area contributed by atoms with Gasteiger partial charge in [0.25, 0.3) is 0 Å². The molecule has 2 aromatic rings. The molecule has 0 spiro atoms. The molecule has 0 amide bonds. The summed E-state index contributed by atoms with van der Waals surface area (Å²) in [5.74, 6) is 0.601. The van der Waals surface area contributed by atoms with Gasteiger partial charge in [-0.2, -0.15) is 5.26 Å². The monoisotopic (exact) mass is 216 g/mol. The van der Waals surface area contributed by atoms with E-state index in [0.717, 1.165) is 4.88 Å². The molecule has 0 saturated carbocycles. The summed E-state index contributed by atoms with van der Waals surface area (Å²) in [6.07, 6.45) is 3.37. The van der Waals surface area contributed by atoms with Gasteiger partial charge in [0.05, 0.1) is 12.1 Å². The minimum Gasteiger partial charge on any atom is -0.349 e.